The second-order valence-electron chi connectivity index (χ2n) is 5.96. The molecule has 2 unspecified atom stereocenters. The maximum atomic E-state index is 13.5. The second-order valence-corrected chi connectivity index (χ2v) is 6.34. The monoisotopic (exact) mass is 283 g/mol. The Bertz CT molecular complexity index is 435. The summed E-state index contributed by atoms with van der Waals surface area (Å²) in [5.74, 6) is 0.455. The van der Waals surface area contributed by atoms with Crippen LogP contribution in [-0.2, 0) is 6.42 Å². The van der Waals surface area contributed by atoms with E-state index < -0.39 is 0 Å². The third-order valence-electron chi connectivity index (χ3n) is 4.49. The molecule has 1 aromatic carbocycles. The molecule has 0 aliphatic heterocycles. The number of halogens is 2. The van der Waals surface area contributed by atoms with Gasteiger partial charge in [0.2, 0.25) is 0 Å². The zero-order valence-electron chi connectivity index (χ0n) is 11.6. The van der Waals surface area contributed by atoms with E-state index in [1.54, 1.807) is 6.07 Å². The Kier molecular flexibility index (Phi) is 4.86. The fraction of sp³-hybridized carbons (Fsp3) is 0.625. The van der Waals surface area contributed by atoms with Crippen LogP contribution in [0.15, 0.2) is 18.2 Å². The van der Waals surface area contributed by atoms with Crippen LogP contribution in [0.2, 0.25) is 5.02 Å². The van der Waals surface area contributed by atoms with Crippen LogP contribution in [0.3, 0.4) is 0 Å². The van der Waals surface area contributed by atoms with Gasteiger partial charge in [-0.15, -0.1) is 0 Å². The van der Waals surface area contributed by atoms with Crippen LogP contribution in [0.25, 0.3) is 0 Å². The van der Waals surface area contributed by atoms with Crippen LogP contribution in [0.1, 0.15) is 51.0 Å². The Labute approximate surface area is 120 Å². The van der Waals surface area contributed by atoms with Crippen molar-refractivity contribution in [2.24, 2.45) is 11.7 Å². The number of benzene rings is 1. The molecule has 0 aromatic heterocycles. The average Bonchev–Trinajstić information content (AvgIpc) is 2.57. The summed E-state index contributed by atoms with van der Waals surface area (Å²) in [6, 6.07) is 5.00. The zero-order chi connectivity index (χ0) is 13.9. The number of hydrogen-bond acceptors (Lipinski definition) is 1. The quantitative estimate of drug-likeness (QED) is 0.799. The van der Waals surface area contributed by atoms with Crippen molar-refractivity contribution in [3.63, 3.8) is 0 Å². The van der Waals surface area contributed by atoms with Gasteiger partial charge in [0.25, 0.3) is 0 Å². The van der Waals surface area contributed by atoms with Crippen molar-refractivity contribution < 1.29 is 4.39 Å². The summed E-state index contributed by atoms with van der Waals surface area (Å²) in [6.45, 7) is 2.25. The zero-order valence-corrected chi connectivity index (χ0v) is 12.3. The lowest BCUT2D eigenvalue weighted by atomic mass is 9.84. The predicted molar refractivity (Wildman–Crippen MR) is 78.9 cm³/mol. The van der Waals surface area contributed by atoms with Crippen LogP contribution < -0.4 is 5.73 Å². The van der Waals surface area contributed by atoms with E-state index in [4.69, 9.17) is 17.3 Å². The van der Waals surface area contributed by atoms with E-state index in [-0.39, 0.29) is 16.4 Å². The summed E-state index contributed by atoms with van der Waals surface area (Å²) in [6.07, 6.45) is 7.56. The molecular formula is C16H23ClFN. The lowest BCUT2D eigenvalue weighted by molar-refractivity contribution is 0.358. The summed E-state index contributed by atoms with van der Waals surface area (Å²) < 4.78 is 13.5. The van der Waals surface area contributed by atoms with Gasteiger partial charge in [-0.2, -0.15) is 0 Å². The highest BCUT2D eigenvalue weighted by Gasteiger charge is 2.30. The smallest absolute Gasteiger partial charge is 0.142 e. The van der Waals surface area contributed by atoms with E-state index in [9.17, 15) is 4.39 Å². The van der Waals surface area contributed by atoms with Crippen molar-refractivity contribution in [2.45, 2.75) is 57.4 Å². The maximum absolute atomic E-state index is 13.5. The van der Waals surface area contributed by atoms with Gasteiger partial charge in [-0.1, -0.05) is 49.9 Å². The van der Waals surface area contributed by atoms with Gasteiger partial charge in [-0.3, -0.25) is 0 Å². The Balaban J connectivity index is 2.10. The molecule has 0 heterocycles. The fourth-order valence-electron chi connectivity index (χ4n) is 3.15. The van der Waals surface area contributed by atoms with Crippen molar-refractivity contribution in [1.29, 1.82) is 0 Å². The summed E-state index contributed by atoms with van der Waals surface area (Å²) in [7, 11) is 0. The Morgan fingerprint density at radius 3 is 2.89 bits per heavy atom. The SMILES string of the molecule is CCC1CCCC(N)(Cc2cccc(F)c2Cl)CC1. The van der Waals surface area contributed by atoms with Crippen LogP contribution in [-0.4, -0.2) is 5.54 Å². The number of hydrogen-bond donors (Lipinski definition) is 1. The summed E-state index contributed by atoms with van der Waals surface area (Å²) in [5, 5.41) is 0.239. The molecule has 1 saturated carbocycles. The van der Waals surface area contributed by atoms with Gasteiger partial charge in [0.05, 0.1) is 5.02 Å². The molecular weight excluding hydrogens is 261 g/mol. The normalized spacial score (nSPS) is 28.1. The van der Waals surface area contributed by atoms with E-state index in [1.807, 2.05) is 6.07 Å². The topological polar surface area (TPSA) is 26.0 Å². The minimum Gasteiger partial charge on any atom is -0.325 e. The minimum atomic E-state index is -0.345. The Morgan fingerprint density at radius 2 is 2.16 bits per heavy atom. The summed E-state index contributed by atoms with van der Waals surface area (Å²) in [4.78, 5) is 0. The van der Waals surface area contributed by atoms with Gasteiger partial charge in [-0.05, 0) is 43.2 Å². The average molecular weight is 284 g/mol. The standard InChI is InChI=1S/C16H23ClFN/c1-2-12-5-4-9-16(19,10-8-12)11-13-6-3-7-14(18)15(13)17/h3,6-7,12H,2,4-5,8-11,19H2,1H3. The van der Waals surface area contributed by atoms with Crippen molar-refractivity contribution in [2.75, 3.05) is 0 Å². The third kappa shape index (κ3) is 3.70. The first-order chi connectivity index (χ1) is 9.04. The molecule has 2 atom stereocenters. The lowest BCUT2D eigenvalue weighted by Gasteiger charge is -2.29. The summed E-state index contributed by atoms with van der Waals surface area (Å²) in [5.41, 5.74) is 7.17. The predicted octanol–water partition coefficient (Wildman–Crippen LogP) is 4.71. The van der Waals surface area contributed by atoms with Crippen molar-refractivity contribution >= 4 is 11.6 Å². The van der Waals surface area contributed by atoms with E-state index in [1.165, 1.54) is 31.7 Å². The molecule has 3 heteroatoms. The molecule has 1 aromatic rings. The molecule has 0 spiro atoms. The molecule has 0 bridgehead atoms. The highest BCUT2D eigenvalue weighted by atomic mass is 35.5. The minimum absolute atomic E-state index is 0.221. The summed E-state index contributed by atoms with van der Waals surface area (Å²) >= 11 is 6.04. The first kappa shape index (κ1) is 14.8. The van der Waals surface area contributed by atoms with Crippen molar-refractivity contribution in [1.82, 2.24) is 0 Å². The molecule has 1 aliphatic carbocycles. The van der Waals surface area contributed by atoms with E-state index in [0.29, 0.717) is 6.42 Å². The molecule has 19 heavy (non-hydrogen) atoms. The highest BCUT2D eigenvalue weighted by molar-refractivity contribution is 6.31. The number of rotatable bonds is 3. The van der Waals surface area contributed by atoms with Gasteiger partial charge in [0, 0.05) is 5.54 Å². The highest BCUT2D eigenvalue weighted by Crippen LogP contribution is 2.34. The molecule has 0 amide bonds. The largest absolute Gasteiger partial charge is 0.325 e. The molecule has 1 nitrogen and oxygen atoms in total. The molecule has 0 radical (unpaired) electrons. The Morgan fingerprint density at radius 1 is 1.37 bits per heavy atom. The fourth-order valence-corrected chi connectivity index (χ4v) is 3.35. The lowest BCUT2D eigenvalue weighted by Crippen LogP contribution is -2.41. The van der Waals surface area contributed by atoms with Gasteiger partial charge in [0.1, 0.15) is 5.82 Å². The second kappa shape index (κ2) is 6.23. The molecule has 106 valence electrons. The van der Waals surface area contributed by atoms with Crippen LogP contribution in [0.4, 0.5) is 4.39 Å². The first-order valence-corrected chi connectivity index (χ1v) is 7.63. The third-order valence-corrected chi connectivity index (χ3v) is 4.91. The van der Waals surface area contributed by atoms with Gasteiger partial charge in [-0.25, -0.2) is 4.39 Å². The molecule has 2 rings (SSSR count). The van der Waals surface area contributed by atoms with Crippen molar-refractivity contribution in [3.8, 4) is 0 Å². The van der Waals surface area contributed by atoms with E-state index in [2.05, 4.69) is 6.92 Å². The van der Waals surface area contributed by atoms with Crippen LogP contribution >= 0.6 is 11.6 Å². The van der Waals surface area contributed by atoms with Crippen LogP contribution in [0.5, 0.6) is 0 Å². The van der Waals surface area contributed by atoms with Gasteiger partial charge >= 0.3 is 0 Å². The first-order valence-electron chi connectivity index (χ1n) is 7.26. The van der Waals surface area contributed by atoms with E-state index in [0.717, 1.165) is 24.3 Å². The molecule has 0 saturated heterocycles. The molecule has 1 aliphatic rings. The molecule has 2 N–H and O–H groups in total. The van der Waals surface area contributed by atoms with Gasteiger partial charge < -0.3 is 5.73 Å². The van der Waals surface area contributed by atoms with Crippen molar-refractivity contribution in [3.05, 3.63) is 34.6 Å². The molecule has 1 fully saturated rings. The van der Waals surface area contributed by atoms with Crippen LogP contribution in [0, 0.1) is 11.7 Å². The Hall–Kier alpha value is -0.600. The number of nitrogens with two attached hydrogens (primary N) is 1. The maximum Gasteiger partial charge on any atom is 0.142 e. The van der Waals surface area contributed by atoms with Gasteiger partial charge in [0.15, 0.2) is 0 Å². The van der Waals surface area contributed by atoms with E-state index >= 15 is 0 Å².